The van der Waals surface area contributed by atoms with Gasteiger partial charge in [0.25, 0.3) is 0 Å². The maximum atomic E-state index is 12.3. The number of hydrogen-bond acceptors (Lipinski definition) is 4. The fourth-order valence-electron chi connectivity index (χ4n) is 1.75. The van der Waals surface area contributed by atoms with Crippen LogP contribution in [0.1, 0.15) is 11.1 Å². The quantitative estimate of drug-likeness (QED) is 0.913. The van der Waals surface area contributed by atoms with Gasteiger partial charge in [-0.1, -0.05) is 6.07 Å². The minimum Gasteiger partial charge on any atom is -0.495 e. The minimum absolute atomic E-state index is 0.147. The molecule has 6 heteroatoms. The van der Waals surface area contributed by atoms with E-state index in [1.54, 1.807) is 42.7 Å². The van der Waals surface area contributed by atoms with Crippen LogP contribution in [0, 0.1) is 6.92 Å². The normalized spacial score (nSPS) is 11.3. The molecule has 0 radical (unpaired) electrons. The monoisotopic (exact) mass is 292 g/mol. The summed E-state index contributed by atoms with van der Waals surface area (Å²) in [5.41, 5.74) is 1.70. The number of ether oxygens (including phenoxy) is 1. The lowest BCUT2D eigenvalue weighted by atomic mass is 10.2. The van der Waals surface area contributed by atoms with E-state index in [9.17, 15) is 8.42 Å². The highest BCUT2D eigenvalue weighted by molar-refractivity contribution is 7.89. The van der Waals surface area contributed by atoms with Crippen LogP contribution in [-0.4, -0.2) is 20.5 Å². The van der Waals surface area contributed by atoms with Gasteiger partial charge in [0.1, 0.15) is 10.6 Å². The number of benzene rings is 1. The van der Waals surface area contributed by atoms with Crippen molar-refractivity contribution >= 4 is 10.0 Å². The van der Waals surface area contributed by atoms with Gasteiger partial charge < -0.3 is 4.74 Å². The van der Waals surface area contributed by atoms with Gasteiger partial charge in [-0.25, -0.2) is 13.1 Å². The number of nitrogens with one attached hydrogen (secondary N) is 1. The van der Waals surface area contributed by atoms with E-state index in [0.29, 0.717) is 5.75 Å². The topological polar surface area (TPSA) is 68.3 Å². The second-order valence-corrected chi connectivity index (χ2v) is 6.07. The van der Waals surface area contributed by atoms with E-state index in [0.717, 1.165) is 11.1 Å². The molecule has 0 saturated carbocycles. The van der Waals surface area contributed by atoms with Gasteiger partial charge in [-0.15, -0.1) is 0 Å². The van der Waals surface area contributed by atoms with Gasteiger partial charge in [0, 0.05) is 18.9 Å². The molecule has 0 bridgehead atoms. The molecule has 0 atom stereocenters. The second-order valence-electron chi connectivity index (χ2n) is 4.33. The highest BCUT2D eigenvalue weighted by Gasteiger charge is 2.19. The molecule has 1 aromatic heterocycles. The third kappa shape index (κ3) is 3.34. The average molecular weight is 292 g/mol. The van der Waals surface area contributed by atoms with E-state index in [1.165, 1.54) is 7.11 Å². The van der Waals surface area contributed by atoms with E-state index >= 15 is 0 Å². The standard InChI is InChI=1S/C14H16N2O3S/c1-11-3-4-13(19-2)14(9-11)20(17,18)16-10-12-5-7-15-8-6-12/h3-9,16H,10H2,1-2H3. The Morgan fingerprint density at radius 1 is 1.20 bits per heavy atom. The first-order valence-corrected chi connectivity index (χ1v) is 7.54. The van der Waals surface area contributed by atoms with E-state index < -0.39 is 10.0 Å². The molecule has 0 amide bonds. The van der Waals surface area contributed by atoms with Crippen molar-refractivity contribution < 1.29 is 13.2 Å². The lowest BCUT2D eigenvalue weighted by Gasteiger charge is -2.11. The summed E-state index contributed by atoms with van der Waals surface area (Å²) in [7, 11) is -2.17. The first kappa shape index (κ1) is 14.5. The molecule has 0 aliphatic carbocycles. The van der Waals surface area contributed by atoms with Crippen LogP contribution in [-0.2, 0) is 16.6 Å². The third-order valence-electron chi connectivity index (χ3n) is 2.82. The zero-order valence-corrected chi connectivity index (χ0v) is 12.1. The number of aryl methyl sites for hydroxylation is 1. The Balaban J connectivity index is 2.24. The molecule has 106 valence electrons. The summed E-state index contributed by atoms with van der Waals surface area (Å²) in [6, 6.07) is 8.57. The molecular formula is C14H16N2O3S. The minimum atomic E-state index is -3.62. The van der Waals surface area contributed by atoms with E-state index in [1.807, 2.05) is 6.92 Å². The summed E-state index contributed by atoms with van der Waals surface area (Å²) in [4.78, 5) is 4.04. The predicted octanol–water partition coefficient (Wildman–Crippen LogP) is 1.88. The van der Waals surface area contributed by atoms with Gasteiger partial charge in [0.05, 0.1) is 7.11 Å². The summed E-state index contributed by atoms with van der Waals surface area (Å²) in [5, 5.41) is 0. The maximum Gasteiger partial charge on any atom is 0.244 e. The Labute approximate surface area is 118 Å². The van der Waals surface area contributed by atoms with Crippen LogP contribution in [0.4, 0.5) is 0 Å². The summed E-state index contributed by atoms with van der Waals surface area (Å²) in [5.74, 6) is 0.331. The van der Waals surface area contributed by atoms with Gasteiger partial charge in [-0.3, -0.25) is 4.98 Å². The molecule has 5 nitrogen and oxygen atoms in total. The number of methoxy groups -OCH3 is 1. The molecule has 0 aliphatic rings. The van der Waals surface area contributed by atoms with Gasteiger partial charge in [0.15, 0.2) is 0 Å². The van der Waals surface area contributed by atoms with Gasteiger partial charge in [0.2, 0.25) is 10.0 Å². The largest absolute Gasteiger partial charge is 0.495 e. The Morgan fingerprint density at radius 3 is 2.55 bits per heavy atom. The molecule has 2 aromatic rings. The van der Waals surface area contributed by atoms with E-state index in [-0.39, 0.29) is 11.4 Å². The SMILES string of the molecule is COc1ccc(C)cc1S(=O)(=O)NCc1ccncc1. The van der Waals surface area contributed by atoms with Crippen LogP contribution >= 0.6 is 0 Å². The summed E-state index contributed by atoms with van der Waals surface area (Å²) >= 11 is 0. The van der Waals surface area contributed by atoms with Gasteiger partial charge in [-0.05, 0) is 42.3 Å². The van der Waals surface area contributed by atoms with Crippen molar-refractivity contribution in [1.29, 1.82) is 0 Å². The highest BCUT2D eigenvalue weighted by atomic mass is 32.2. The molecule has 20 heavy (non-hydrogen) atoms. The van der Waals surface area contributed by atoms with Gasteiger partial charge in [-0.2, -0.15) is 0 Å². The smallest absolute Gasteiger partial charge is 0.244 e. The second kappa shape index (κ2) is 6.02. The van der Waals surface area contributed by atoms with Crippen molar-refractivity contribution in [3.63, 3.8) is 0 Å². The molecule has 0 fully saturated rings. The maximum absolute atomic E-state index is 12.3. The fraction of sp³-hybridized carbons (Fsp3) is 0.214. The summed E-state index contributed by atoms with van der Waals surface area (Å²) in [6.07, 6.45) is 3.24. The number of hydrogen-bond donors (Lipinski definition) is 1. The molecular weight excluding hydrogens is 276 g/mol. The van der Waals surface area contributed by atoms with Crippen LogP contribution in [0.25, 0.3) is 0 Å². The summed E-state index contributed by atoms with van der Waals surface area (Å²) < 4.78 is 32.3. The number of rotatable bonds is 5. The number of pyridine rings is 1. The van der Waals surface area contributed by atoms with Crippen LogP contribution < -0.4 is 9.46 Å². The van der Waals surface area contributed by atoms with Crippen molar-refractivity contribution in [2.24, 2.45) is 0 Å². The highest BCUT2D eigenvalue weighted by Crippen LogP contribution is 2.24. The third-order valence-corrected chi connectivity index (χ3v) is 4.25. The van der Waals surface area contributed by atoms with E-state index in [2.05, 4.69) is 9.71 Å². The van der Waals surface area contributed by atoms with Crippen molar-refractivity contribution in [1.82, 2.24) is 9.71 Å². The summed E-state index contributed by atoms with van der Waals surface area (Å²) in [6.45, 7) is 2.04. The van der Waals surface area contributed by atoms with Crippen molar-refractivity contribution in [3.8, 4) is 5.75 Å². The van der Waals surface area contributed by atoms with Crippen molar-refractivity contribution in [3.05, 3.63) is 53.9 Å². The van der Waals surface area contributed by atoms with Crippen molar-refractivity contribution in [2.75, 3.05) is 7.11 Å². The zero-order chi connectivity index (χ0) is 14.6. The molecule has 1 N–H and O–H groups in total. The Morgan fingerprint density at radius 2 is 1.90 bits per heavy atom. The lowest BCUT2D eigenvalue weighted by Crippen LogP contribution is -2.23. The average Bonchev–Trinajstić information content (AvgIpc) is 2.46. The first-order chi connectivity index (χ1) is 9.53. The Bertz CT molecular complexity index is 685. The van der Waals surface area contributed by atoms with E-state index in [4.69, 9.17) is 4.74 Å². The molecule has 1 aromatic carbocycles. The molecule has 1 heterocycles. The molecule has 0 saturated heterocycles. The lowest BCUT2D eigenvalue weighted by molar-refractivity contribution is 0.402. The zero-order valence-electron chi connectivity index (χ0n) is 11.3. The molecule has 0 spiro atoms. The van der Waals surface area contributed by atoms with Crippen LogP contribution in [0.2, 0.25) is 0 Å². The van der Waals surface area contributed by atoms with Crippen LogP contribution in [0.5, 0.6) is 5.75 Å². The molecule has 0 unspecified atom stereocenters. The fourth-order valence-corrected chi connectivity index (χ4v) is 3.02. The molecule has 0 aliphatic heterocycles. The number of nitrogens with zero attached hydrogens (tertiary/aromatic N) is 1. The van der Waals surface area contributed by atoms with Crippen LogP contribution in [0.15, 0.2) is 47.6 Å². The Kier molecular flexibility index (Phi) is 4.36. The van der Waals surface area contributed by atoms with Gasteiger partial charge >= 0.3 is 0 Å². The molecule has 2 rings (SSSR count). The number of sulfonamides is 1. The van der Waals surface area contributed by atoms with Crippen LogP contribution in [0.3, 0.4) is 0 Å². The van der Waals surface area contributed by atoms with Crippen molar-refractivity contribution in [2.45, 2.75) is 18.4 Å². The first-order valence-electron chi connectivity index (χ1n) is 6.06. The Hall–Kier alpha value is -1.92. The number of aromatic nitrogens is 1. The predicted molar refractivity (Wildman–Crippen MR) is 76.0 cm³/mol.